The number of anilines is 1. The van der Waals surface area contributed by atoms with Gasteiger partial charge in [0.2, 0.25) is 6.20 Å². The number of nitrogens with zero attached hydrogens (tertiary/aromatic N) is 1. The Morgan fingerprint density at radius 1 is 1.06 bits per heavy atom. The number of hydrogen-bond donors (Lipinski definition) is 1. The molecule has 0 fully saturated rings. The van der Waals surface area contributed by atoms with Gasteiger partial charge in [0, 0.05) is 23.4 Å². The molecule has 8 heteroatoms. The van der Waals surface area contributed by atoms with Gasteiger partial charge < -0.3 is 14.8 Å². The highest BCUT2D eigenvalue weighted by atomic mass is 32.1. The van der Waals surface area contributed by atoms with E-state index in [0.29, 0.717) is 33.2 Å². The zero-order valence-electron chi connectivity index (χ0n) is 16.9. The molecule has 158 valence electrons. The molecule has 7 nitrogen and oxygen atoms in total. The largest absolute Gasteiger partial charge is 0.497 e. The Bertz CT molecular complexity index is 1120. The van der Waals surface area contributed by atoms with Gasteiger partial charge in [0.05, 0.1) is 24.0 Å². The van der Waals surface area contributed by atoms with Crippen LogP contribution in [0.2, 0.25) is 0 Å². The minimum absolute atomic E-state index is 0.149. The van der Waals surface area contributed by atoms with Crippen LogP contribution in [0, 0.1) is 10.1 Å². The summed E-state index contributed by atoms with van der Waals surface area (Å²) in [5.41, 5.74) is 2.84. The maximum atomic E-state index is 12.1. The van der Waals surface area contributed by atoms with E-state index in [2.05, 4.69) is 5.32 Å². The third kappa shape index (κ3) is 5.80. The van der Waals surface area contributed by atoms with Crippen LogP contribution in [-0.2, 0) is 0 Å². The molecule has 1 N–H and O–H groups in total. The normalized spacial score (nSPS) is 11.0. The molecule has 3 aromatic rings. The average molecular weight is 436 g/mol. The van der Waals surface area contributed by atoms with Crippen molar-refractivity contribution in [3.63, 3.8) is 0 Å². The van der Waals surface area contributed by atoms with Gasteiger partial charge in [-0.2, -0.15) is 0 Å². The van der Waals surface area contributed by atoms with E-state index >= 15 is 0 Å². The maximum absolute atomic E-state index is 12.1. The van der Waals surface area contributed by atoms with Crippen LogP contribution >= 0.6 is 11.3 Å². The van der Waals surface area contributed by atoms with Crippen molar-refractivity contribution < 1.29 is 19.2 Å². The Labute approximate surface area is 183 Å². The first-order valence-corrected chi connectivity index (χ1v) is 10.1. The molecular formula is C23H20N2O5S. The van der Waals surface area contributed by atoms with Crippen molar-refractivity contribution in [2.75, 3.05) is 19.5 Å². The summed E-state index contributed by atoms with van der Waals surface area (Å²) in [6, 6.07) is 14.4. The summed E-state index contributed by atoms with van der Waals surface area (Å²) in [7, 11) is 3.03. The summed E-state index contributed by atoms with van der Waals surface area (Å²) in [4.78, 5) is 23.0. The number of amides is 1. The van der Waals surface area contributed by atoms with Crippen LogP contribution in [0.1, 0.15) is 26.4 Å². The van der Waals surface area contributed by atoms with E-state index in [1.54, 1.807) is 18.2 Å². The van der Waals surface area contributed by atoms with E-state index in [9.17, 15) is 14.9 Å². The number of ether oxygens (including phenoxy) is 2. The summed E-state index contributed by atoms with van der Waals surface area (Å²) >= 11 is 1.38. The number of carbonyl (C=O) groups excluding carboxylic acids is 1. The molecule has 0 aliphatic rings. The molecule has 1 amide bonds. The van der Waals surface area contributed by atoms with Crippen LogP contribution in [0.4, 0.5) is 5.69 Å². The van der Waals surface area contributed by atoms with Crippen molar-refractivity contribution in [3.8, 4) is 11.5 Å². The van der Waals surface area contributed by atoms with E-state index in [4.69, 9.17) is 9.47 Å². The predicted octanol–water partition coefficient (Wildman–Crippen LogP) is 5.44. The molecule has 0 atom stereocenters. The van der Waals surface area contributed by atoms with Gasteiger partial charge in [-0.05, 0) is 40.8 Å². The lowest BCUT2D eigenvalue weighted by molar-refractivity contribution is -0.400. The maximum Gasteiger partial charge on any atom is 0.265 e. The Balaban J connectivity index is 1.83. The molecule has 0 aliphatic carbocycles. The van der Waals surface area contributed by atoms with Crippen LogP contribution < -0.4 is 14.8 Å². The molecule has 31 heavy (non-hydrogen) atoms. The van der Waals surface area contributed by atoms with E-state index in [0.717, 1.165) is 11.8 Å². The van der Waals surface area contributed by atoms with Gasteiger partial charge in [-0.1, -0.05) is 30.4 Å². The van der Waals surface area contributed by atoms with Crippen LogP contribution in [0.15, 0.2) is 60.1 Å². The van der Waals surface area contributed by atoms with Crippen molar-refractivity contribution in [2.24, 2.45) is 0 Å². The van der Waals surface area contributed by atoms with Crippen molar-refractivity contribution >= 4 is 41.2 Å². The number of thiophene rings is 1. The van der Waals surface area contributed by atoms with E-state index in [1.165, 1.54) is 31.6 Å². The molecule has 0 radical (unpaired) electrons. The molecular weight excluding hydrogens is 416 g/mol. The number of hydrogen-bond acceptors (Lipinski definition) is 6. The number of nitrogens with one attached hydrogen (secondary N) is 1. The molecule has 0 aliphatic heterocycles. The average Bonchev–Trinajstić information content (AvgIpc) is 3.32. The standard InChI is InChI=1S/C23H20N2O5S/c1-29-19-14-17(20(11-12-25(27)28)21(15-19)30-2)8-5-16-6-9-18(10-7-16)24-23(26)22-4-3-13-31-22/h3-15H,1-2H3,(H,24,26)/b8-5+,12-11+. The first-order valence-electron chi connectivity index (χ1n) is 9.21. The molecule has 3 rings (SSSR count). The minimum Gasteiger partial charge on any atom is -0.497 e. The number of carbonyl (C=O) groups is 1. The van der Waals surface area contributed by atoms with Gasteiger partial charge in [0.15, 0.2) is 0 Å². The summed E-state index contributed by atoms with van der Waals surface area (Å²) < 4.78 is 10.7. The van der Waals surface area contributed by atoms with Gasteiger partial charge in [-0.3, -0.25) is 14.9 Å². The molecule has 2 aromatic carbocycles. The predicted molar refractivity (Wildman–Crippen MR) is 123 cm³/mol. The van der Waals surface area contributed by atoms with Gasteiger partial charge in [-0.25, -0.2) is 0 Å². The summed E-state index contributed by atoms with van der Waals surface area (Å²) in [5.74, 6) is 0.883. The number of methoxy groups -OCH3 is 2. The third-order valence-electron chi connectivity index (χ3n) is 4.33. The Kier molecular flexibility index (Phi) is 7.18. The lowest BCUT2D eigenvalue weighted by atomic mass is 10.0. The SMILES string of the molecule is COc1cc(/C=C/c2ccc(NC(=O)c3cccs3)cc2)c(/C=C/[N+](=O)[O-])c(OC)c1. The van der Waals surface area contributed by atoms with E-state index < -0.39 is 4.92 Å². The second-order valence-corrected chi connectivity index (χ2v) is 7.27. The van der Waals surface area contributed by atoms with Crippen LogP contribution in [-0.4, -0.2) is 25.1 Å². The summed E-state index contributed by atoms with van der Waals surface area (Å²) in [6.45, 7) is 0. The fourth-order valence-electron chi connectivity index (χ4n) is 2.82. The molecule has 1 aromatic heterocycles. The van der Waals surface area contributed by atoms with Gasteiger partial charge in [0.25, 0.3) is 5.91 Å². The summed E-state index contributed by atoms with van der Waals surface area (Å²) in [5, 5.41) is 15.5. The first kappa shape index (κ1) is 21.8. The molecule has 0 saturated heterocycles. The van der Waals surface area contributed by atoms with Crippen molar-refractivity contribution in [1.82, 2.24) is 0 Å². The monoisotopic (exact) mass is 436 g/mol. The zero-order valence-corrected chi connectivity index (χ0v) is 17.7. The number of nitro groups is 1. The minimum atomic E-state index is -0.527. The third-order valence-corrected chi connectivity index (χ3v) is 5.20. The lowest BCUT2D eigenvalue weighted by Gasteiger charge is -2.11. The molecule has 1 heterocycles. The smallest absolute Gasteiger partial charge is 0.265 e. The molecule has 0 saturated carbocycles. The van der Waals surface area contributed by atoms with Crippen molar-refractivity contribution in [3.05, 3.63) is 91.8 Å². The molecule has 0 spiro atoms. The number of benzene rings is 2. The second-order valence-electron chi connectivity index (χ2n) is 6.32. The van der Waals surface area contributed by atoms with Gasteiger partial charge in [-0.15, -0.1) is 11.3 Å². The highest BCUT2D eigenvalue weighted by molar-refractivity contribution is 7.12. The van der Waals surface area contributed by atoms with Gasteiger partial charge in [0.1, 0.15) is 11.5 Å². The summed E-state index contributed by atoms with van der Waals surface area (Å²) in [6.07, 6.45) is 5.94. The van der Waals surface area contributed by atoms with E-state index in [-0.39, 0.29) is 5.91 Å². The highest BCUT2D eigenvalue weighted by Gasteiger charge is 2.10. The Hall–Kier alpha value is -3.91. The van der Waals surface area contributed by atoms with Crippen LogP contribution in [0.5, 0.6) is 11.5 Å². The topological polar surface area (TPSA) is 90.7 Å². The zero-order chi connectivity index (χ0) is 22.2. The first-order chi connectivity index (χ1) is 15.0. The van der Waals surface area contributed by atoms with E-state index in [1.807, 2.05) is 47.9 Å². The quantitative estimate of drug-likeness (QED) is 0.289. The van der Waals surface area contributed by atoms with Gasteiger partial charge >= 0.3 is 0 Å². The second kappa shape index (κ2) is 10.2. The number of rotatable bonds is 8. The fraction of sp³-hybridized carbons (Fsp3) is 0.0870. The fourth-order valence-corrected chi connectivity index (χ4v) is 3.44. The van der Waals surface area contributed by atoms with Crippen molar-refractivity contribution in [2.45, 2.75) is 0 Å². The highest BCUT2D eigenvalue weighted by Crippen LogP contribution is 2.31. The van der Waals surface area contributed by atoms with Crippen LogP contribution in [0.25, 0.3) is 18.2 Å². The molecule has 0 bridgehead atoms. The van der Waals surface area contributed by atoms with Crippen LogP contribution in [0.3, 0.4) is 0 Å². The Morgan fingerprint density at radius 2 is 1.84 bits per heavy atom. The Morgan fingerprint density at radius 3 is 2.45 bits per heavy atom. The lowest BCUT2D eigenvalue weighted by Crippen LogP contribution is -2.09. The molecule has 0 unspecified atom stereocenters. The van der Waals surface area contributed by atoms with Crippen molar-refractivity contribution in [1.29, 1.82) is 0 Å².